The quantitative estimate of drug-likeness (QED) is 0.692. The molecule has 0 aliphatic rings. The molecule has 0 aliphatic heterocycles. The van der Waals surface area contributed by atoms with Crippen LogP contribution in [0.5, 0.6) is 0 Å². The lowest BCUT2D eigenvalue weighted by atomic mass is 11.9. The van der Waals surface area contributed by atoms with E-state index in [1.165, 1.54) is 0 Å². The highest BCUT2D eigenvalue weighted by atomic mass is 32.4. The van der Waals surface area contributed by atoms with E-state index in [0.29, 0.717) is 0 Å². The van der Waals surface area contributed by atoms with Crippen LogP contribution in [0.4, 0.5) is 0 Å². The summed E-state index contributed by atoms with van der Waals surface area (Å²) in [6.45, 7) is 0. The Labute approximate surface area is 90.9 Å². The summed E-state index contributed by atoms with van der Waals surface area (Å²) in [5, 5.41) is 0. The second-order valence-corrected chi connectivity index (χ2v) is 16.2. The zero-order valence-electron chi connectivity index (χ0n) is 9.67. The van der Waals surface area contributed by atoms with Crippen molar-refractivity contribution in [2.45, 2.75) is 0 Å². The fourth-order valence-electron chi connectivity index (χ4n) is 0.579. The van der Waals surface area contributed by atoms with Crippen molar-refractivity contribution in [2.75, 3.05) is 37.5 Å². The van der Waals surface area contributed by atoms with Crippen LogP contribution in [0.15, 0.2) is 0 Å². The molecule has 0 bridgehead atoms. The summed E-state index contributed by atoms with van der Waals surface area (Å²) in [5.41, 5.74) is 0. The number of hydrogen-bond donors (Lipinski definition) is 0. The predicted molar refractivity (Wildman–Crippen MR) is 62.9 cm³/mol. The lowest BCUT2D eigenvalue weighted by Crippen LogP contribution is -2.39. The van der Waals surface area contributed by atoms with E-state index in [2.05, 4.69) is 7.26 Å². The maximum absolute atomic E-state index is 11.6. The van der Waals surface area contributed by atoms with E-state index in [0.717, 1.165) is 37.5 Å². The van der Waals surface area contributed by atoms with Crippen LogP contribution in [-0.4, -0.2) is 54.4 Å². The molecule has 0 spiro atoms. The van der Waals surface area contributed by atoms with Gasteiger partial charge in [-0.25, -0.2) is 8.42 Å². The Morgan fingerprint density at radius 2 is 0.933 bits per heavy atom. The van der Waals surface area contributed by atoms with Crippen molar-refractivity contribution in [1.29, 1.82) is 0 Å². The van der Waals surface area contributed by atoms with E-state index in [-0.39, 0.29) is 0 Å². The molecule has 9 heteroatoms. The number of rotatable bonds is 4. The fraction of sp³-hybridized carbons (Fsp3) is 1.00. The van der Waals surface area contributed by atoms with Crippen molar-refractivity contribution in [2.24, 2.45) is 0 Å². The highest BCUT2D eigenvalue weighted by molar-refractivity contribution is 8.22. The van der Waals surface area contributed by atoms with Crippen molar-refractivity contribution < 1.29 is 24.1 Å². The Balaban J connectivity index is 5.12. The Morgan fingerprint density at radius 1 is 0.733 bits per heavy atom. The van der Waals surface area contributed by atoms with E-state index in [9.17, 15) is 16.8 Å². The highest BCUT2D eigenvalue weighted by Gasteiger charge is 2.30. The first-order valence-corrected chi connectivity index (χ1v) is 11.3. The molecule has 0 unspecified atom stereocenters. The molecular formula is C6H18O6S3. The summed E-state index contributed by atoms with van der Waals surface area (Å²) in [6, 6.07) is 0. The van der Waals surface area contributed by atoms with Gasteiger partial charge in [0.05, 0.1) is 0 Å². The van der Waals surface area contributed by atoms with Crippen LogP contribution < -0.4 is 0 Å². The van der Waals surface area contributed by atoms with Gasteiger partial charge < -0.3 is 0 Å². The molecule has 0 aromatic heterocycles. The molecule has 0 aromatic carbocycles. The molecule has 0 saturated carbocycles. The predicted octanol–water partition coefficient (Wildman–Crippen LogP) is -0.487. The minimum absolute atomic E-state index is 1.14. The third kappa shape index (κ3) is 10.5. The molecule has 0 fully saturated rings. The maximum Gasteiger partial charge on any atom is 0.436 e. The summed E-state index contributed by atoms with van der Waals surface area (Å²) in [6.07, 6.45) is 6.81. The summed E-state index contributed by atoms with van der Waals surface area (Å²) in [7, 11) is -12.0. The first kappa shape index (κ1) is 15.2. The van der Waals surface area contributed by atoms with Gasteiger partial charge in [0.25, 0.3) is 0 Å². The Kier molecular flexibility index (Phi) is 3.13. The fourth-order valence-corrected chi connectivity index (χ4v) is 5.42. The Morgan fingerprint density at radius 3 is 1.07 bits per heavy atom. The van der Waals surface area contributed by atoms with Crippen LogP contribution in [0.3, 0.4) is 0 Å². The van der Waals surface area contributed by atoms with Crippen LogP contribution in [0.2, 0.25) is 0 Å². The smallest absolute Gasteiger partial charge is 0.207 e. The van der Waals surface area contributed by atoms with Crippen molar-refractivity contribution >= 4 is 29.1 Å². The third-order valence-electron chi connectivity index (χ3n) is 0.630. The van der Waals surface area contributed by atoms with Crippen molar-refractivity contribution in [3.8, 4) is 0 Å². The summed E-state index contributed by atoms with van der Waals surface area (Å²) in [5.74, 6) is 0. The average Bonchev–Trinajstić information content (AvgIpc) is 1.36. The van der Waals surface area contributed by atoms with Gasteiger partial charge in [-0.3, -0.25) is 0 Å². The average molecular weight is 282 g/mol. The van der Waals surface area contributed by atoms with E-state index in [4.69, 9.17) is 0 Å². The first-order valence-electron chi connectivity index (χ1n) is 3.78. The van der Waals surface area contributed by atoms with Crippen LogP contribution in [0.25, 0.3) is 0 Å². The van der Waals surface area contributed by atoms with Gasteiger partial charge in [-0.15, -0.1) is 7.26 Å². The van der Waals surface area contributed by atoms with Crippen LogP contribution >= 0.6 is 0 Å². The molecule has 0 aromatic rings. The lowest BCUT2D eigenvalue weighted by Gasteiger charge is -2.37. The van der Waals surface area contributed by atoms with Gasteiger partial charge in [-0.2, -0.15) is 27.1 Å². The second-order valence-electron chi connectivity index (χ2n) is 5.13. The minimum Gasteiger partial charge on any atom is -0.207 e. The van der Waals surface area contributed by atoms with Gasteiger partial charge in [-0.1, -0.05) is 0 Å². The topological polar surface area (TPSA) is 86.7 Å². The van der Waals surface area contributed by atoms with E-state index < -0.39 is 29.1 Å². The molecule has 0 rings (SSSR count). The monoisotopic (exact) mass is 282 g/mol. The molecule has 96 valence electrons. The summed E-state index contributed by atoms with van der Waals surface area (Å²) in [4.78, 5) is 0. The molecule has 15 heavy (non-hydrogen) atoms. The van der Waals surface area contributed by atoms with E-state index >= 15 is 0 Å². The first-order chi connectivity index (χ1) is 5.92. The van der Waals surface area contributed by atoms with Gasteiger partial charge in [0.15, 0.2) is 0 Å². The Hall–Kier alpha value is 0.170. The third-order valence-corrected chi connectivity index (χ3v) is 5.67. The van der Waals surface area contributed by atoms with Crippen molar-refractivity contribution in [3.63, 3.8) is 0 Å². The lowest BCUT2D eigenvalue weighted by molar-refractivity contribution is 0.401. The van der Waals surface area contributed by atoms with E-state index in [1.54, 1.807) is 0 Å². The van der Waals surface area contributed by atoms with Crippen LogP contribution in [-0.2, 0) is 36.4 Å². The minimum atomic E-state index is -4.54. The normalized spacial score (nSPS) is 19.9. The molecule has 0 aliphatic carbocycles. The van der Waals surface area contributed by atoms with Crippen LogP contribution in [0, 0.1) is 0 Å². The van der Waals surface area contributed by atoms with Gasteiger partial charge in [0, 0.05) is 37.5 Å². The maximum atomic E-state index is 11.6. The zero-order chi connectivity index (χ0) is 12.8. The van der Waals surface area contributed by atoms with E-state index in [1.807, 2.05) is 0 Å². The molecule has 0 atom stereocenters. The number of hydrogen-bond acceptors (Lipinski definition) is 6. The van der Waals surface area contributed by atoms with Gasteiger partial charge in [0.2, 0.25) is 0 Å². The molecule has 0 radical (unpaired) electrons. The highest BCUT2D eigenvalue weighted by Crippen LogP contribution is 2.25. The van der Waals surface area contributed by atoms with Gasteiger partial charge >= 0.3 is 10.4 Å². The van der Waals surface area contributed by atoms with Crippen molar-refractivity contribution in [3.05, 3.63) is 0 Å². The van der Waals surface area contributed by atoms with Gasteiger partial charge in [0.1, 0.15) is 0 Å². The summed E-state index contributed by atoms with van der Waals surface area (Å²) < 4.78 is 54.6. The summed E-state index contributed by atoms with van der Waals surface area (Å²) >= 11 is 0. The molecule has 0 amide bonds. The molecule has 0 N–H and O–H groups in total. The second kappa shape index (κ2) is 3.10. The largest absolute Gasteiger partial charge is 0.436 e. The zero-order valence-corrected chi connectivity index (χ0v) is 12.1. The Bertz CT molecular complexity index is 425. The molecule has 0 saturated heterocycles. The van der Waals surface area contributed by atoms with Crippen molar-refractivity contribution in [1.82, 2.24) is 0 Å². The van der Waals surface area contributed by atoms with Gasteiger partial charge in [-0.05, 0) is 0 Å². The SMILES string of the molecule is CS(C)(C)(=O)OS(=O)(=O)OS(C)(C)(C)=O. The molecular weight excluding hydrogens is 264 g/mol. The van der Waals surface area contributed by atoms with Crippen LogP contribution in [0.1, 0.15) is 0 Å². The standard InChI is InChI=1S/C6H18O6S3/c1-14(2,3,9)11-13(7,8)12-15(4,5,6)10/h1-6H3. The molecule has 0 heterocycles. The molecule has 6 nitrogen and oxygen atoms in total.